The van der Waals surface area contributed by atoms with Crippen molar-refractivity contribution >= 4 is 17.5 Å². The molecular weight excluding hydrogens is 525 g/mol. The summed E-state index contributed by atoms with van der Waals surface area (Å²) in [5.41, 5.74) is 5.49. The monoisotopic (exact) mass is 557 g/mol. The molecule has 1 aliphatic heterocycles. The third-order valence-corrected chi connectivity index (χ3v) is 8.28. The van der Waals surface area contributed by atoms with Crippen molar-refractivity contribution in [2.45, 2.75) is 58.4 Å². The highest BCUT2D eigenvalue weighted by Gasteiger charge is 2.58. The van der Waals surface area contributed by atoms with Crippen LogP contribution in [0.1, 0.15) is 71.4 Å². The third kappa shape index (κ3) is 4.87. The third-order valence-electron chi connectivity index (χ3n) is 8.28. The van der Waals surface area contributed by atoms with Gasteiger partial charge in [-0.05, 0) is 56.4 Å². The first-order valence-corrected chi connectivity index (χ1v) is 13.8. The average molecular weight is 558 g/mol. The number of amides is 2. The van der Waals surface area contributed by atoms with E-state index in [4.69, 9.17) is 9.26 Å². The fourth-order valence-corrected chi connectivity index (χ4v) is 5.90. The zero-order valence-corrected chi connectivity index (χ0v) is 23.4. The summed E-state index contributed by atoms with van der Waals surface area (Å²) in [6, 6.07) is 6.98. The zero-order valence-electron chi connectivity index (χ0n) is 23.4. The number of halogens is 1. The Morgan fingerprint density at radius 2 is 1.98 bits per heavy atom. The molecule has 0 saturated heterocycles. The van der Waals surface area contributed by atoms with E-state index in [0.717, 1.165) is 35.4 Å². The van der Waals surface area contributed by atoms with Crippen molar-refractivity contribution in [1.82, 2.24) is 20.4 Å². The Hall–Kier alpha value is -4.47. The molecule has 2 amide bonds. The molecule has 1 spiro atoms. The maximum atomic E-state index is 14.1. The van der Waals surface area contributed by atoms with E-state index in [2.05, 4.69) is 25.8 Å². The minimum absolute atomic E-state index is 0.00674. The van der Waals surface area contributed by atoms with Gasteiger partial charge in [0.1, 0.15) is 23.9 Å². The minimum Gasteiger partial charge on any atom is -0.493 e. The summed E-state index contributed by atoms with van der Waals surface area (Å²) in [5, 5.41) is 9.84. The standard InChI is InChI=1S/C31H32FN5O4/c1-16(2)22-14-41-37-27(22)29(38)36-28(26-21-7-5-19(32)11-24(21)40-15-31(26)9-10-31)30(39)35-20-6-8-23(34-13-20)25-17(3)12-33-18(25)4/h5-8,11-14,16,26,28,33H,9-10,15H2,1-4H3,(H,35,39)(H,36,38)/t26?,28-/m0/s1. The number of aryl methyl sites for hydroxylation is 2. The van der Waals surface area contributed by atoms with Crippen molar-refractivity contribution < 1.29 is 23.2 Å². The number of carbonyl (C=O) groups is 2. The second-order valence-electron chi connectivity index (χ2n) is 11.4. The lowest BCUT2D eigenvalue weighted by molar-refractivity contribution is -0.119. The first-order chi connectivity index (χ1) is 19.7. The fraction of sp³-hybridized carbons (Fsp3) is 0.355. The van der Waals surface area contributed by atoms with E-state index in [1.807, 2.05) is 40.0 Å². The highest BCUT2D eigenvalue weighted by Crippen LogP contribution is 2.61. The van der Waals surface area contributed by atoms with Crippen LogP contribution in [0.3, 0.4) is 0 Å². The second kappa shape index (κ2) is 10.2. The van der Waals surface area contributed by atoms with Crippen LogP contribution in [0.5, 0.6) is 5.75 Å². The summed E-state index contributed by atoms with van der Waals surface area (Å²) in [5.74, 6) is -1.42. The van der Waals surface area contributed by atoms with Gasteiger partial charge in [0.2, 0.25) is 5.91 Å². The van der Waals surface area contributed by atoms with E-state index in [1.54, 1.807) is 18.3 Å². The van der Waals surface area contributed by atoms with E-state index in [1.165, 1.54) is 18.4 Å². The summed E-state index contributed by atoms with van der Waals surface area (Å²) in [7, 11) is 0. The van der Waals surface area contributed by atoms with Gasteiger partial charge in [-0.1, -0.05) is 25.1 Å². The number of rotatable bonds is 7. The van der Waals surface area contributed by atoms with Crippen molar-refractivity contribution in [2.24, 2.45) is 5.41 Å². The minimum atomic E-state index is -0.997. The number of carbonyl (C=O) groups excluding carboxylic acids is 2. The number of hydrogen-bond donors (Lipinski definition) is 3. The topological polar surface area (TPSA) is 122 Å². The van der Waals surface area contributed by atoms with Gasteiger partial charge in [0, 0.05) is 46.0 Å². The van der Waals surface area contributed by atoms with Gasteiger partial charge < -0.3 is 24.9 Å². The molecule has 0 bridgehead atoms. The van der Waals surface area contributed by atoms with Crippen LogP contribution in [0.2, 0.25) is 0 Å². The van der Waals surface area contributed by atoms with Gasteiger partial charge in [0.05, 0.1) is 24.2 Å². The van der Waals surface area contributed by atoms with Gasteiger partial charge in [-0.3, -0.25) is 14.6 Å². The number of H-pyrrole nitrogens is 1. The maximum Gasteiger partial charge on any atom is 0.274 e. The van der Waals surface area contributed by atoms with Crippen molar-refractivity contribution in [1.29, 1.82) is 0 Å². The van der Waals surface area contributed by atoms with Crippen molar-refractivity contribution in [3.05, 3.63) is 82.9 Å². The molecule has 4 aromatic rings. The molecule has 3 aromatic heterocycles. The molecular formula is C31H32FN5O4. The number of nitrogens with one attached hydrogen (secondary N) is 3. The molecule has 2 aliphatic rings. The number of aromatic amines is 1. The number of anilines is 1. The summed E-state index contributed by atoms with van der Waals surface area (Å²) in [6.07, 6.45) is 6.62. The molecule has 212 valence electrons. The Kier molecular flexibility index (Phi) is 6.63. The highest BCUT2D eigenvalue weighted by atomic mass is 19.1. The molecule has 10 heteroatoms. The predicted octanol–water partition coefficient (Wildman–Crippen LogP) is 5.64. The van der Waals surface area contributed by atoms with Crippen molar-refractivity contribution in [3.63, 3.8) is 0 Å². The molecule has 1 saturated carbocycles. The quantitative estimate of drug-likeness (QED) is 0.270. The Balaban J connectivity index is 1.34. The molecule has 9 nitrogen and oxygen atoms in total. The first kappa shape index (κ1) is 26.7. The van der Waals surface area contributed by atoms with E-state index in [9.17, 15) is 14.0 Å². The molecule has 0 radical (unpaired) electrons. The van der Waals surface area contributed by atoms with Crippen LogP contribution in [-0.2, 0) is 4.79 Å². The smallest absolute Gasteiger partial charge is 0.274 e. The summed E-state index contributed by atoms with van der Waals surface area (Å²) >= 11 is 0. The van der Waals surface area contributed by atoms with E-state index in [-0.39, 0.29) is 17.0 Å². The maximum absolute atomic E-state index is 14.1. The van der Waals surface area contributed by atoms with Crippen LogP contribution in [0.15, 0.2) is 53.5 Å². The lowest BCUT2D eigenvalue weighted by Crippen LogP contribution is -2.52. The largest absolute Gasteiger partial charge is 0.493 e. The molecule has 4 heterocycles. The van der Waals surface area contributed by atoms with Crippen LogP contribution >= 0.6 is 0 Å². The normalized spacial score (nSPS) is 17.6. The van der Waals surface area contributed by atoms with Crippen LogP contribution in [0.4, 0.5) is 10.1 Å². The molecule has 1 aliphatic carbocycles. The lowest BCUT2D eigenvalue weighted by atomic mass is 9.75. The molecule has 1 fully saturated rings. The number of nitrogens with zero attached hydrogens (tertiary/aromatic N) is 2. The SMILES string of the molecule is Cc1c[nH]c(C)c1-c1ccc(NC(=O)[C@@H](NC(=O)c2nocc2C(C)C)C2c3ccc(F)cc3OCC23CC3)cn1. The van der Waals surface area contributed by atoms with Gasteiger partial charge in [-0.25, -0.2) is 4.39 Å². The van der Waals surface area contributed by atoms with E-state index < -0.39 is 29.6 Å². The summed E-state index contributed by atoms with van der Waals surface area (Å²) in [4.78, 5) is 35.4. The molecule has 3 N–H and O–H groups in total. The Bertz CT molecular complexity index is 1600. The Labute approximate surface area is 236 Å². The number of fused-ring (bicyclic) bond motifs is 1. The first-order valence-electron chi connectivity index (χ1n) is 13.8. The van der Waals surface area contributed by atoms with Gasteiger partial charge in [-0.15, -0.1) is 0 Å². The predicted molar refractivity (Wildman–Crippen MR) is 150 cm³/mol. The Morgan fingerprint density at radius 1 is 1.17 bits per heavy atom. The molecule has 6 rings (SSSR count). The highest BCUT2D eigenvalue weighted by molar-refractivity contribution is 6.01. The molecule has 1 unspecified atom stereocenters. The van der Waals surface area contributed by atoms with Gasteiger partial charge in [-0.2, -0.15) is 0 Å². The average Bonchev–Trinajstić information content (AvgIpc) is 3.37. The van der Waals surface area contributed by atoms with Gasteiger partial charge in [0.15, 0.2) is 5.69 Å². The molecule has 1 aromatic carbocycles. The van der Waals surface area contributed by atoms with Gasteiger partial charge in [0.25, 0.3) is 5.91 Å². The van der Waals surface area contributed by atoms with Crippen molar-refractivity contribution in [2.75, 3.05) is 11.9 Å². The van der Waals surface area contributed by atoms with Gasteiger partial charge >= 0.3 is 0 Å². The van der Waals surface area contributed by atoms with Crippen LogP contribution in [-0.4, -0.2) is 39.6 Å². The molecule has 41 heavy (non-hydrogen) atoms. The molecule has 2 atom stereocenters. The number of ether oxygens (including phenoxy) is 1. The number of benzene rings is 1. The number of aromatic nitrogens is 3. The second-order valence-corrected chi connectivity index (χ2v) is 11.4. The lowest BCUT2D eigenvalue weighted by Gasteiger charge is -2.38. The van der Waals surface area contributed by atoms with Crippen LogP contribution in [0, 0.1) is 25.1 Å². The summed E-state index contributed by atoms with van der Waals surface area (Å²) in [6.45, 7) is 8.19. The number of hydrogen-bond acceptors (Lipinski definition) is 6. The summed E-state index contributed by atoms with van der Waals surface area (Å²) < 4.78 is 25.2. The fourth-order valence-electron chi connectivity index (χ4n) is 5.90. The van der Waals surface area contributed by atoms with Crippen molar-refractivity contribution in [3.8, 4) is 17.0 Å². The van der Waals surface area contributed by atoms with Crippen LogP contribution < -0.4 is 15.4 Å². The Morgan fingerprint density at radius 3 is 2.63 bits per heavy atom. The van der Waals surface area contributed by atoms with E-state index in [0.29, 0.717) is 29.2 Å². The van der Waals surface area contributed by atoms with Crippen LogP contribution in [0.25, 0.3) is 11.3 Å². The number of pyridine rings is 1. The zero-order chi connectivity index (χ0) is 28.9. The van der Waals surface area contributed by atoms with E-state index >= 15 is 0 Å².